The molecule has 1 saturated heterocycles. The third-order valence-electron chi connectivity index (χ3n) is 5.20. The highest BCUT2D eigenvalue weighted by Crippen LogP contribution is 2.39. The fourth-order valence-corrected chi connectivity index (χ4v) is 27.5. The van der Waals surface area contributed by atoms with Crippen LogP contribution in [0.1, 0.15) is 12.8 Å². The lowest BCUT2D eigenvalue weighted by Crippen LogP contribution is -2.59. The molecule has 0 spiro atoms. The van der Waals surface area contributed by atoms with Crippen molar-refractivity contribution in [1.82, 2.24) is 0 Å². The lowest BCUT2D eigenvalue weighted by molar-refractivity contribution is 0.303. The molecule has 2 aliphatic rings. The molecule has 0 amide bonds. The van der Waals surface area contributed by atoms with Crippen molar-refractivity contribution >= 4 is 42.3 Å². The first-order chi connectivity index (χ1) is 13.1. The van der Waals surface area contributed by atoms with Gasteiger partial charge >= 0.3 is 25.7 Å². The third kappa shape index (κ3) is 9.17. The van der Waals surface area contributed by atoms with Crippen molar-refractivity contribution in [2.75, 3.05) is 6.61 Å². The van der Waals surface area contributed by atoms with E-state index in [0.717, 1.165) is 18.6 Å². The maximum Gasteiger partial charge on any atom is 0.342 e. The van der Waals surface area contributed by atoms with Crippen LogP contribution in [0.2, 0.25) is 64.5 Å². The first-order valence-electron chi connectivity index (χ1n) is 10.8. The average molecular weight is 491 g/mol. The normalized spacial score (nSPS) is 24.5. The Labute approximate surface area is 183 Å². The first kappa shape index (κ1) is 25.6. The van der Waals surface area contributed by atoms with Crippen LogP contribution in [0.5, 0.6) is 0 Å². The Bertz CT molecular complexity index is 556. The first-order valence-corrected chi connectivity index (χ1v) is 24.6. The van der Waals surface area contributed by atoms with Crippen molar-refractivity contribution in [1.29, 1.82) is 0 Å². The minimum Gasteiger partial charge on any atom is -0.433 e. The number of rotatable bonds is 14. The molecule has 0 aromatic carbocycles. The second kappa shape index (κ2) is 9.08. The van der Waals surface area contributed by atoms with Gasteiger partial charge < -0.3 is 21.2 Å². The predicted molar refractivity (Wildman–Crippen MR) is 132 cm³/mol. The Morgan fingerprint density at radius 1 is 0.759 bits per heavy atom. The van der Waals surface area contributed by atoms with Crippen LogP contribution in [-0.4, -0.2) is 55.0 Å². The smallest absolute Gasteiger partial charge is 0.342 e. The highest BCUT2D eigenvalue weighted by Gasteiger charge is 2.48. The van der Waals surface area contributed by atoms with E-state index in [4.69, 9.17) is 21.2 Å². The molecular weight excluding hydrogens is 449 g/mol. The maximum absolute atomic E-state index is 6.70. The average Bonchev–Trinajstić information content (AvgIpc) is 3.42. The monoisotopic (exact) mass is 490 g/mol. The molecule has 10 heteroatoms. The minimum atomic E-state index is -2.57. The molecule has 1 aliphatic heterocycles. The van der Waals surface area contributed by atoms with E-state index in [1.165, 1.54) is 18.9 Å². The quantitative estimate of drug-likeness (QED) is 0.235. The number of epoxide rings is 1. The van der Waals surface area contributed by atoms with E-state index in [9.17, 15) is 0 Å². The van der Waals surface area contributed by atoms with Gasteiger partial charge in [-0.05, 0) is 70.4 Å². The summed E-state index contributed by atoms with van der Waals surface area (Å²) in [5.41, 5.74) is 3.82. The number of hydrogen-bond donors (Lipinski definition) is 0. The zero-order chi connectivity index (χ0) is 22.1. The van der Waals surface area contributed by atoms with Crippen LogP contribution in [0.15, 0.2) is 24.6 Å². The van der Waals surface area contributed by atoms with E-state index in [0.29, 0.717) is 6.10 Å². The van der Waals surface area contributed by atoms with Gasteiger partial charge in [0.2, 0.25) is 0 Å². The van der Waals surface area contributed by atoms with Crippen molar-refractivity contribution in [3.05, 3.63) is 24.6 Å². The molecule has 1 saturated carbocycles. The van der Waals surface area contributed by atoms with Crippen molar-refractivity contribution in [2.45, 2.75) is 83.4 Å². The van der Waals surface area contributed by atoms with E-state index in [1.807, 2.05) is 11.4 Å². The van der Waals surface area contributed by atoms with Crippen molar-refractivity contribution in [3.8, 4) is 0 Å². The summed E-state index contributed by atoms with van der Waals surface area (Å²) >= 11 is 0. The summed E-state index contributed by atoms with van der Waals surface area (Å²) in [6.07, 6.45) is 3.07. The van der Waals surface area contributed by atoms with Crippen LogP contribution in [0, 0.1) is 5.92 Å². The van der Waals surface area contributed by atoms with Gasteiger partial charge in [-0.2, -0.15) is 0 Å². The fourth-order valence-electron chi connectivity index (χ4n) is 4.14. The van der Waals surface area contributed by atoms with E-state index >= 15 is 0 Å². The van der Waals surface area contributed by atoms with Crippen LogP contribution >= 0.6 is 0 Å². The molecule has 1 aliphatic carbocycles. The molecule has 0 radical (unpaired) electrons. The highest BCUT2D eigenvalue weighted by molar-refractivity contribution is 6.93. The molecule has 3 unspecified atom stereocenters. The standard InChI is InChI=1S/C19H42O5Si5/c1-11-28(9,21-25(3,4)16-18-13-14-18)23-27(7,8)24-29(10,12-2)22-26(5,6)17-19-15-20-19/h11-12,18-19H,1-2,13-17H2,3-10H3. The molecule has 1 heterocycles. The van der Waals surface area contributed by atoms with Gasteiger partial charge in [-0.25, -0.2) is 0 Å². The third-order valence-corrected chi connectivity index (χ3v) is 24.5. The lowest BCUT2D eigenvalue weighted by atomic mass is 10.5. The van der Waals surface area contributed by atoms with E-state index in [-0.39, 0.29) is 0 Å². The summed E-state index contributed by atoms with van der Waals surface area (Å²) in [6.45, 7) is 26.4. The second-order valence-electron chi connectivity index (χ2n) is 10.6. The van der Waals surface area contributed by atoms with E-state index in [1.54, 1.807) is 0 Å². The molecule has 5 nitrogen and oxygen atoms in total. The molecule has 2 fully saturated rings. The largest absolute Gasteiger partial charge is 0.433 e. The molecular formula is C19H42O5Si5. The van der Waals surface area contributed by atoms with Crippen LogP contribution in [0.4, 0.5) is 0 Å². The molecule has 3 atom stereocenters. The maximum atomic E-state index is 6.70. The zero-order valence-electron chi connectivity index (χ0n) is 19.8. The Morgan fingerprint density at radius 2 is 1.17 bits per heavy atom. The SMILES string of the molecule is C=C[Si](C)(O[Si](C)(C)CC1CC1)O[Si](C)(C)O[Si](C)(C=C)O[Si](C)(C)CC1CO1. The van der Waals surface area contributed by atoms with Crippen molar-refractivity contribution < 1.29 is 21.2 Å². The van der Waals surface area contributed by atoms with Crippen LogP contribution < -0.4 is 0 Å². The van der Waals surface area contributed by atoms with Crippen molar-refractivity contribution in [2.24, 2.45) is 5.92 Å². The van der Waals surface area contributed by atoms with Crippen LogP contribution in [0.25, 0.3) is 0 Å². The number of ether oxygens (including phenoxy) is 1. The molecule has 2 rings (SSSR count). The molecule has 0 N–H and O–H groups in total. The zero-order valence-corrected chi connectivity index (χ0v) is 24.8. The van der Waals surface area contributed by atoms with Gasteiger partial charge in [0.25, 0.3) is 0 Å². The molecule has 29 heavy (non-hydrogen) atoms. The Kier molecular flexibility index (Phi) is 8.02. The van der Waals surface area contributed by atoms with Gasteiger partial charge in [-0.15, -0.1) is 13.2 Å². The Balaban J connectivity index is 2.03. The summed E-state index contributed by atoms with van der Waals surface area (Å²) < 4.78 is 32.1. The van der Waals surface area contributed by atoms with E-state index in [2.05, 4.69) is 65.5 Å². The predicted octanol–water partition coefficient (Wildman–Crippen LogP) is 5.57. The van der Waals surface area contributed by atoms with E-state index < -0.39 is 42.3 Å². The van der Waals surface area contributed by atoms with Gasteiger partial charge in [-0.1, -0.05) is 24.2 Å². The molecule has 168 valence electrons. The topological polar surface area (TPSA) is 49.5 Å². The van der Waals surface area contributed by atoms with Gasteiger partial charge in [0.05, 0.1) is 12.7 Å². The minimum absolute atomic E-state index is 0.366. The highest BCUT2D eigenvalue weighted by atomic mass is 28.5. The van der Waals surface area contributed by atoms with Gasteiger partial charge in [0.1, 0.15) is 0 Å². The Hall–Kier alpha value is 0.364. The van der Waals surface area contributed by atoms with Gasteiger partial charge in [0, 0.05) is 0 Å². The summed E-state index contributed by atoms with van der Waals surface area (Å²) in [5.74, 6) is 0.855. The summed E-state index contributed by atoms with van der Waals surface area (Å²) in [4.78, 5) is 0. The van der Waals surface area contributed by atoms with Gasteiger partial charge in [0.15, 0.2) is 16.6 Å². The summed E-state index contributed by atoms with van der Waals surface area (Å²) in [6, 6.07) is 2.21. The molecule has 0 aromatic rings. The summed E-state index contributed by atoms with van der Waals surface area (Å²) in [5, 5.41) is 0. The lowest BCUT2D eigenvalue weighted by Gasteiger charge is -2.42. The second-order valence-corrected chi connectivity index (χ2v) is 29.4. The summed E-state index contributed by atoms with van der Waals surface area (Å²) in [7, 11) is -11.3. The molecule has 0 aromatic heterocycles. The van der Waals surface area contributed by atoms with Crippen LogP contribution in [0.3, 0.4) is 0 Å². The fraction of sp³-hybridized carbons (Fsp3) is 0.789. The van der Waals surface area contributed by atoms with Crippen molar-refractivity contribution in [3.63, 3.8) is 0 Å². The van der Waals surface area contributed by atoms with Crippen LogP contribution in [-0.2, 0) is 21.2 Å². The Morgan fingerprint density at radius 3 is 1.52 bits per heavy atom. The van der Waals surface area contributed by atoms with Gasteiger partial charge in [-0.3, -0.25) is 0 Å². The molecule has 0 bridgehead atoms. The number of hydrogen-bond acceptors (Lipinski definition) is 5.